The molecule has 1 aliphatic heterocycles. The van der Waals surface area contributed by atoms with Gasteiger partial charge in [0.05, 0.1) is 0 Å². The van der Waals surface area contributed by atoms with Crippen molar-refractivity contribution in [3.05, 3.63) is 35.9 Å². The van der Waals surface area contributed by atoms with Crippen LogP contribution < -0.4 is 0 Å². The summed E-state index contributed by atoms with van der Waals surface area (Å²) in [6, 6.07) is 10.1. The fourth-order valence-electron chi connectivity index (χ4n) is 2.80. The van der Waals surface area contributed by atoms with Gasteiger partial charge in [0.25, 0.3) is 0 Å². The Morgan fingerprint density at radius 1 is 1.04 bits per heavy atom. The molecule has 5 heteroatoms. The molecular weight excluding hydrogens is 304 g/mol. The summed E-state index contributed by atoms with van der Waals surface area (Å²) in [6.45, 7) is 9.73. The third-order valence-corrected chi connectivity index (χ3v) is 4.05. The lowest BCUT2D eigenvalue weighted by Crippen LogP contribution is -2.52. The summed E-state index contributed by atoms with van der Waals surface area (Å²) in [5.41, 5.74) is 0.680. The summed E-state index contributed by atoms with van der Waals surface area (Å²) < 4.78 is 5.38. The number of ether oxygens (including phenoxy) is 1. The van der Waals surface area contributed by atoms with Gasteiger partial charge in [-0.1, -0.05) is 37.3 Å². The van der Waals surface area contributed by atoms with E-state index in [2.05, 4.69) is 0 Å². The van der Waals surface area contributed by atoms with Crippen LogP contribution >= 0.6 is 0 Å². The van der Waals surface area contributed by atoms with Crippen LogP contribution in [0.1, 0.15) is 33.3 Å². The molecule has 1 aromatic rings. The monoisotopic (exact) mass is 332 g/mol. The van der Waals surface area contributed by atoms with Crippen molar-refractivity contribution >= 4 is 12.0 Å². The number of benzene rings is 1. The molecule has 0 spiro atoms. The zero-order chi connectivity index (χ0) is 17.7. The average molecular weight is 332 g/mol. The molecule has 0 aliphatic carbocycles. The quantitative estimate of drug-likeness (QED) is 0.855. The van der Waals surface area contributed by atoms with Crippen molar-refractivity contribution in [1.29, 1.82) is 0 Å². The van der Waals surface area contributed by atoms with Crippen LogP contribution in [0, 0.1) is 5.92 Å². The highest BCUT2D eigenvalue weighted by atomic mass is 16.6. The van der Waals surface area contributed by atoms with Crippen molar-refractivity contribution in [3.8, 4) is 0 Å². The normalized spacial score (nSPS) is 16.7. The van der Waals surface area contributed by atoms with E-state index < -0.39 is 5.60 Å². The largest absolute Gasteiger partial charge is 0.444 e. The average Bonchev–Trinajstić information content (AvgIpc) is 2.53. The fraction of sp³-hybridized carbons (Fsp3) is 0.579. The van der Waals surface area contributed by atoms with Crippen LogP contribution in [0.3, 0.4) is 0 Å². The van der Waals surface area contributed by atoms with Crippen LogP contribution in [0.4, 0.5) is 4.79 Å². The Hall–Kier alpha value is -2.04. The molecular formula is C19H28N2O3. The van der Waals surface area contributed by atoms with Gasteiger partial charge in [0.1, 0.15) is 5.60 Å². The van der Waals surface area contributed by atoms with E-state index in [1.165, 1.54) is 5.56 Å². The van der Waals surface area contributed by atoms with Gasteiger partial charge in [-0.25, -0.2) is 4.79 Å². The van der Waals surface area contributed by atoms with Crippen molar-refractivity contribution in [2.24, 2.45) is 5.92 Å². The van der Waals surface area contributed by atoms with E-state index in [9.17, 15) is 9.59 Å². The van der Waals surface area contributed by atoms with E-state index in [-0.39, 0.29) is 17.9 Å². The summed E-state index contributed by atoms with van der Waals surface area (Å²) in [4.78, 5) is 28.2. The number of hydrogen-bond donors (Lipinski definition) is 0. The van der Waals surface area contributed by atoms with Gasteiger partial charge in [-0.05, 0) is 32.8 Å². The molecule has 0 saturated carbocycles. The van der Waals surface area contributed by atoms with Crippen LogP contribution in [0.25, 0.3) is 0 Å². The van der Waals surface area contributed by atoms with Crippen LogP contribution in [0.15, 0.2) is 30.3 Å². The standard InChI is InChI=1S/C19H28N2O3/c1-15(14-16-8-6-5-7-9-16)17(22)20-10-12-21(13-11-20)18(23)24-19(2,3)4/h5-9,15H,10-14H2,1-4H3. The SMILES string of the molecule is CC(Cc1ccccc1)C(=O)N1CCN(C(=O)OC(C)(C)C)CC1. The second-order valence-electron chi connectivity index (χ2n) is 7.38. The first-order valence-electron chi connectivity index (χ1n) is 8.57. The molecule has 1 atom stereocenters. The second kappa shape index (κ2) is 7.69. The lowest BCUT2D eigenvalue weighted by molar-refractivity contribution is -0.136. The summed E-state index contributed by atoms with van der Waals surface area (Å²) >= 11 is 0. The number of nitrogens with zero attached hydrogens (tertiary/aromatic N) is 2. The van der Waals surface area contributed by atoms with Gasteiger partial charge >= 0.3 is 6.09 Å². The number of piperazine rings is 1. The maximum Gasteiger partial charge on any atom is 0.410 e. The second-order valence-corrected chi connectivity index (χ2v) is 7.38. The molecule has 1 fully saturated rings. The molecule has 2 amide bonds. The van der Waals surface area contributed by atoms with Crippen molar-refractivity contribution in [2.45, 2.75) is 39.7 Å². The third kappa shape index (κ3) is 5.25. The van der Waals surface area contributed by atoms with Crippen molar-refractivity contribution < 1.29 is 14.3 Å². The number of amides is 2. The minimum atomic E-state index is -0.492. The van der Waals surface area contributed by atoms with Gasteiger partial charge in [-0.2, -0.15) is 0 Å². The maximum atomic E-state index is 12.6. The molecule has 0 bridgehead atoms. The molecule has 1 aliphatic rings. The third-order valence-electron chi connectivity index (χ3n) is 4.05. The molecule has 0 aromatic heterocycles. The van der Waals surface area contributed by atoms with E-state index >= 15 is 0 Å². The fourth-order valence-corrected chi connectivity index (χ4v) is 2.80. The number of carbonyl (C=O) groups excluding carboxylic acids is 2. The lowest BCUT2D eigenvalue weighted by Gasteiger charge is -2.36. The molecule has 24 heavy (non-hydrogen) atoms. The van der Waals surface area contributed by atoms with Crippen molar-refractivity contribution in [3.63, 3.8) is 0 Å². The molecule has 1 aromatic carbocycles. The van der Waals surface area contributed by atoms with E-state index in [0.717, 1.165) is 6.42 Å². The minimum absolute atomic E-state index is 0.0551. The molecule has 5 nitrogen and oxygen atoms in total. The summed E-state index contributed by atoms with van der Waals surface area (Å²) in [6.07, 6.45) is 0.443. The van der Waals surface area contributed by atoms with Crippen LogP contribution in [-0.4, -0.2) is 53.6 Å². The van der Waals surface area contributed by atoms with Crippen molar-refractivity contribution in [1.82, 2.24) is 9.80 Å². The lowest BCUT2D eigenvalue weighted by atomic mass is 9.99. The van der Waals surface area contributed by atoms with Gasteiger partial charge in [0, 0.05) is 32.1 Å². The van der Waals surface area contributed by atoms with Gasteiger partial charge in [-0.3, -0.25) is 4.79 Å². The first-order valence-corrected chi connectivity index (χ1v) is 8.57. The zero-order valence-corrected chi connectivity index (χ0v) is 15.1. The smallest absolute Gasteiger partial charge is 0.410 e. The Morgan fingerprint density at radius 2 is 1.58 bits per heavy atom. The van der Waals surface area contributed by atoms with Crippen molar-refractivity contribution in [2.75, 3.05) is 26.2 Å². The van der Waals surface area contributed by atoms with Crippen LogP contribution in [0.2, 0.25) is 0 Å². The highest BCUT2D eigenvalue weighted by molar-refractivity contribution is 5.79. The van der Waals surface area contributed by atoms with E-state index in [1.54, 1.807) is 4.90 Å². The number of rotatable bonds is 3. The predicted molar refractivity (Wildman–Crippen MR) is 93.7 cm³/mol. The Labute approximate surface area is 144 Å². The summed E-state index contributed by atoms with van der Waals surface area (Å²) in [5, 5.41) is 0. The van der Waals surface area contributed by atoms with Crippen LogP contribution in [-0.2, 0) is 16.0 Å². The topological polar surface area (TPSA) is 49.9 Å². The van der Waals surface area contributed by atoms with E-state index in [4.69, 9.17) is 4.74 Å². The highest BCUT2D eigenvalue weighted by Gasteiger charge is 2.29. The van der Waals surface area contributed by atoms with E-state index in [0.29, 0.717) is 26.2 Å². The molecule has 1 unspecified atom stereocenters. The van der Waals surface area contributed by atoms with Gasteiger partial charge in [-0.15, -0.1) is 0 Å². The zero-order valence-electron chi connectivity index (χ0n) is 15.1. The first-order chi connectivity index (χ1) is 11.3. The molecule has 1 heterocycles. The summed E-state index contributed by atoms with van der Waals surface area (Å²) in [5.74, 6) is 0.100. The molecule has 0 radical (unpaired) electrons. The maximum absolute atomic E-state index is 12.6. The number of carbonyl (C=O) groups is 2. The Kier molecular flexibility index (Phi) is 5.86. The molecule has 132 valence electrons. The highest BCUT2D eigenvalue weighted by Crippen LogP contribution is 2.15. The summed E-state index contributed by atoms with van der Waals surface area (Å²) in [7, 11) is 0. The van der Waals surface area contributed by atoms with E-state index in [1.807, 2.05) is 62.9 Å². The minimum Gasteiger partial charge on any atom is -0.444 e. The molecule has 2 rings (SSSR count). The molecule has 1 saturated heterocycles. The van der Waals surface area contributed by atoms with Gasteiger partial charge in [0.15, 0.2) is 0 Å². The van der Waals surface area contributed by atoms with Gasteiger partial charge in [0.2, 0.25) is 5.91 Å². The van der Waals surface area contributed by atoms with Gasteiger partial charge < -0.3 is 14.5 Å². The first kappa shape index (κ1) is 18.3. The number of hydrogen-bond acceptors (Lipinski definition) is 3. The molecule has 0 N–H and O–H groups in total. The Morgan fingerprint density at radius 3 is 2.12 bits per heavy atom. The predicted octanol–water partition coefficient (Wildman–Crippen LogP) is 2.94. The Bertz CT molecular complexity index is 558. The Balaban J connectivity index is 1.83. The van der Waals surface area contributed by atoms with Crippen LogP contribution in [0.5, 0.6) is 0 Å².